The fourth-order valence-electron chi connectivity index (χ4n) is 1.30. The fraction of sp³-hybridized carbons (Fsp3) is 0.375. The maximum absolute atomic E-state index is 10.9. The van der Waals surface area contributed by atoms with Crippen LogP contribution in [0, 0.1) is 0 Å². The van der Waals surface area contributed by atoms with Crippen LogP contribution in [-0.4, -0.2) is 25.0 Å². The topological polar surface area (TPSA) is 154 Å². The molecule has 1 aromatic rings. The van der Waals surface area contributed by atoms with Crippen molar-refractivity contribution >= 4 is 15.2 Å². The normalized spacial score (nSPS) is 19.4. The van der Waals surface area contributed by atoms with E-state index in [1.807, 2.05) is 0 Å². The van der Waals surface area contributed by atoms with E-state index in [1.54, 1.807) is 0 Å². The minimum Gasteiger partial charge on any atom is -0.776 e. The number of hydrogen-bond acceptors (Lipinski definition) is 6. The van der Waals surface area contributed by atoms with Crippen LogP contribution >= 0.6 is 15.2 Å². The Bertz CT molecular complexity index is 481. The summed E-state index contributed by atoms with van der Waals surface area (Å²) < 4.78 is 21.8. The van der Waals surface area contributed by atoms with E-state index in [-0.39, 0.29) is 65.5 Å². The number of aliphatic hydroxyl groups is 1. The van der Waals surface area contributed by atoms with Crippen molar-refractivity contribution in [2.24, 2.45) is 0 Å². The van der Waals surface area contributed by atoms with Crippen LogP contribution < -0.4 is 68.9 Å². The number of pyridine rings is 1. The van der Waals surface area contributed by atoms with Crippen LogP contribution in [0.15, 0.2) is 24.5 Å². The molecular weight excluding hydrogens is 330 g/mol. The van der Waals surface area contributed by atoms with Gasteiger partial charge < -0.3 is 33.8 Å². The largest absolute Gasteiger partial charge is 1.00 e. The van der Waals surface area contributed by atoms with Gasteiger partial charge in [-0.15, -0.1) is 0 Å². The maximum Gasteiger partial charge on any atom is 1.00 e. The van der Waals surface area contributed by atoms with Crippen molar-refractivity contribution in [3.8, 4) is 0 Å². The van der Waals surface area contributed by atoms with E-state index >= 15 is 0 Å². The summed E-state index contributed by atoms with van der Waals surface area (Å²) in [5.41, 5.74) is 0.442. The van der Waals surface area contributed by atoms with Crippen LogP contribution in [0.3, 0.4) is 0 Å². The van der Waals surface area contributed by atoms with Crippen molar-refractivity contribution in [2.45, 2.75) is 17.9 Å². The molecule has 0 radical (unpaired) electrons. The van der Waals surface area contributed by atoms with Crippen LogP contribution in [0.5, 0.6) is 0 Å². The molecule has 0 saturated heterocycles. The molecule has 3 N–H and O–H groups in total. The molecule has 12 heteroatoms. The van der Waals surface area contributed by atoms with Crippen molar-refractivity contribution in [1.82, 2.24) is 4.98 Å². The summed E-state index contributed by atoms with van der Waals surface area (Å²) in [6.45, 7) is 0. The van der Waals surface area contributed by atoms with E-state index in [4.69, 9.17) is 9.79 Å². The van der Waals surface area contributed by atoms with Crippen molar-refractivity contribution in [3.63, 3.8) is 0 Å². The average Bonchev–Trinajstić information content (AvgIpc) is 2.24. The first-order chi connectivity index (χ1) is 8.08. The molecule has 8 nitrogen and oxygen atoms in total. The summed E-state index contributed by atoms with van der Waals surface area (Å²) in [7, 11) is -11.4. The van der Waals surface area contributed by atoms with E-state index in [2.05, 4.69) is 4.98 Å². The molecule has 1 aromatic heterocycles. The molecule has 1 rings (SSSR count). The van der Waals surface area contributed by atoms with Crippen LogP contribution in [-0.2, 0) is 15.6 Å². The molecular formula is C8H11NNa2O7P2. The van der Waals surface area contributed by atoms with E-state index in [1.165, 1.54) is 24.5 Å². The fourth-order valence-corrected chi connectivity index (χ4v) is 3.37. The molecule has 2 unspecified atom stereocenters. The quantitative estimate of drug-likeness (QED) is 0.353. The molecule has 20 heavy (non-hydrogen) atoms. The van der Waals surface area contributed by atoms with Crippen LogP contribution in [0.2, 0.25) is 0 Å². The monoisotopic (exact) mass is 341 g/mol. The first kappa shape index (κ1) is 23.7. The molecule has 0 amide bonds. The van der Waals surface area contributed by atoms with Gasteiger partial charge in [0, 0.05) is 12.4 Å². The van der Waals surface area contributed by atoms with Gasteiger partial charge in [0.1, 0.15) is 0 Å². The molecule has 0 aliphatic heterocycles. The molecule has 2 atom stereocenters. The van der Waals surface area contributed by atoms with Gasteiger partial charge in [0.05, 0.1) is 0 Å². The molecule has 0 fully saturated rings. The number of aryl methyl sites for hydroxylation is 1. The third-order valence-electron chi connectivity index (χ3n) is 2.38. The molecule has 0 saturated carbocycles. The van der Waals surface area contributed by atoms with Gasteiger partial charge >= 0.3 is 59.1 Å². The summed E-state index contributed by atoms with van der Waals surface area (Å²) in [5, 5.41) is 5.89. The second-order valence-electron chi connectivity index (χ2n) is 3.68. The van der Waals surface area contributed by atoms with Crippen molar-refractivity contribution < 1.29 is 92.9 Å². The van der Waals surface area contributed by atoms with Gasteiger partial charge in [-0.05, 0) is 24.5 Å². The molecule has 0 spiro atoms. The van der Waals surface area contributed by atoms with Gasteiger partial charge in [-0.3, -0.25) is 4.98 Å². The van der Waals surface area contributed by atoms with Gasteiger partial charge in [0.25, 0.3) is 0 Å². The van der Waals surface area contributed by atoms with E-state index in [0.29, 0.717) is 5.56 Å². The van der Waals surface area contributed by atoms with Crippen LogP contribution in [0.25, 0.3) is 0 Å². The predicted octanol–water partition coefficient (Wildman–Crippen LogP) is -7.24. The summed E-state index contributed by atoms with van der Waals surface area (Å²) in [5.74, 6) is 0. The Hall–Kier alpha value is 1.41. The predicted molar refractivity (Wildman–Crippen MR) is 57.2 cm³/mol. The Morgan fingerprint density at radius 1 is 1.20 bits per heavy atom. The number of aromatic nitrogens is 1. The Labute approximate surface area is 159 Å². The number of rotatable bonds is 5. The minimum atomic E-state index is -5.69. The summed E-state index contributed by atoms with van der Waals surface area (Å²) >= 11 is 0. The zero-order chi connectivity index (χ0) is 14.0. The first-order valence-electron chi connectivity index (χ1n) is 4.77. The third-order valence-corrected chi connectivity index (χ3v) is 6.15. The zero-order valence-electron chi connectivity index (χ0n) is 11.0. The minimum absolute atomic E-state index is 0. The Kier molecular flexibility index (Phi) is 10.5. The van der Waals surface area contributed by atoms with E-state index < -0.39 is 26.7 Å². The molecule has 0 aromatic carbocycles. The summed E-state index contributed by atoms with van der Waals surface area (Å²) in [6.07, 6.45) is 1.68. The van der Waals surface area contributed by atoms with Crippen molar-refractivity contribution in [2.75, 3.05) is 0 Å². The summed E-state index contributed by atoms with van der Waals surface area (Å²) in [4.78, 5) is 43.0. The SMILES string of the molecule is O=P([O-])(O)C(O)(CCc1cccnc1)P(=O)([O-])O.[Na+].[Na+]. The molecule has 1 heterocycles. The third kappa shape index (κ3) is 5.89. The summed E-state index contributed by atoms with van der Waals surface area (Å²) in [6, 6.07) is 3.05. The zero-order valence-corrected chi connectivity index (χ0v) is 16.8. The Morgan fingerprint density at radius 2 is 1.70 bits per heavy atom. The Morgan fingerprint density at radius 3 is 2.05 bits per heavy atom. The van der Waals surface area contributed by atoms with Gasteiger partial charge in [0.15, 0.2) is 20.3 Å². The molecule has 102 valence electrons. The molecule has 0 aliphatic carbocycles. The van der Waals surface area contributed by atoms with Gasteiger partial charge in [-0.1, -0.05) is 6.07 Å². The van der Waals surface area contributed by atoms with E-state index in [9.17, 15) is 24.0 Å². The standard InChI is InChI=1S/C8H13NO7P2.2Na/c10-8(17(11,12)13,18(14,15)16)4-3-7-2-1-5-9-6-7;;/h1-2,5-6,10H,3-4H2,(H2,11,12,13)(H2,14,15,16);;/q;2*+1/p-2. The maximum atomic E-state index is 10.9. The van der Waals surface area contributed by atoms with Gasteiger partial charge in [-0.25, -0.2) is 0 Å². The van der Waals surface area contributed by atoms with Crippen molar-refractivity contribution in [1.29, 1.82) is 0 Å². The second kappa shape index (κ2) is 8.89. The molecule has 0 aliphatic rings. The smallest absolute Gasteiger partial charge is 0.776 e. The van der Waals surface area contributed by atoms with Gasteiger partial charge in [0.2, 0.25) is 0 Å². The second-order valence-corrected chi connectivity index (χ2v) is 7.59. The number of hydrogen-bond donors (Lipinski definition) is 3. The average molecular weight is 341 g/mol. The van der Waals surface area contributed by atoms with Crippen LogP contribution in [0.4, 0.5) is 0 Å². The van der Waals surface area contributed by atoms with Crippen LogP contribution in [0.1, 0.15) is 12.0 Å². The van der Waals surface area contributed by atoms with Gasteiger partial charge in [-0.2, -0.15) is 0 Å². The number of nitrogens with zero attached hydrogens (tertiary/aromatic N) is 1. The van der Waals surface area contributed by atoms with E-state index in [0.717, 1.165) is 0 Å². The Balaban J connectivity index is 0. The first-order valence-corrected chi connectivity index (χ1v) is 7.92. The molecule has 0 bridgehead atoms. The van der Waals surface area contributed by atoms with Crippen molar-refractivity contribution in [3.05, 3.63) is 30.1 Å².